The van der Waals surface area contributed by atoms with Crippen LogP contribution < -0.4 is 0 Å². The normalized spacial score (nSPS) is 10.7. The lowest BCUT2D eigenvalue weighted by atomic mass is 9.93. The first-order chi connectivity index (χ1) is 13.1. The van der Waals surface area contributed by atoms with Crippen molar-refractivity contribution in [3.8, 4) is 11.1 Å². The second-order valence-corrected chi connectivity index (χ2v) is 6.29. The number of hydrogen-bond acceptors (Lipinski definition) is 2. The summed E-state index contributed by atoms with van der Waals surface area (Å²) in [4.78, 5) is 24.7. The highest BCUT2D eigenvalue weighted by molar-refractivity contribution is 6.20. The smallest absolute Gasteiger partial charge is 0.336 e. The number of hydrogen-bond donors (Lipinski definition) is 1. The summed E-state index contributed by atoms with van der Waals surface area (Å²) in [5.74, 6) is -1.23. The summed E-state index contributed by atoms with van der Waals surface area (Å²) in [5, 5.41) is 10.7. The van der Waals surface area contributed by atoms with Crippen molar-refractivity contribution < 1.29 is 14.7 Å². The van der Waals surface area contributed by atoms with Crippen LogP contribution in [0, 0.1) is 0 Å². The molecule has 0 aliphatic rings. The van der Waals surface area contributed by atoms with Gasteiger partial charge >= 0.3 is 5.97 Å². The van der Waals surface area contributed by atoms with Gasteiger partial charge < -0.3 is 5.11 Å². The Morgan fingerprint density at radius 2 is 1.19 bits per heavy atom. The van der Waals surface area contributed by atoms with Crippen molar-refractivity contribution >= 4 is 22.5 Å². The van der Waals surface area contributed by atoms with Gasteiger partial charge in [0, 0.05) is 16.5 Å². The molecule has 0 aliphatic heterocycles. The molecule has 130 valence electrons. The second-order valence-electron chi connectivity index (χ2n) is 6.29. The zero-order valence-corrected chi connectivity index (χ0v) is 14.4. The van der Waals surface area contributed by atoms with Crippen LogP contribution in [0.3, 0.4) is 0 Å². The van der Waals surface area contributed by atoms with Gasteiger partial charge in [-0.2, -0.15) is 0 Å². The average Bonchev–Trinajstić information content (AvgIpc) is 2.73. The van der Waals surface area contributed by atoms with Gasteiger partial charge in [0.25, 0.3) is 0 Å². The van der Waals surface area contributed by atoms with E-state index in [-0.39, 0.29) is 11.3 Å². The quantitative estimate of drug-likeness (QED) is 0.498. The van der Waals surface area contributed by atoms with Gasteiger partial charge in [-0.25, -0.2) is 4.79 Å². The van der Waals surface area contributed by atoms with E-state index in [2.05, 4.69) is 0 Å². The Hall–Kier alpha value is -3.72. The van der Waals surface area contributed by atoms with Gasteiger partial charge in [0.2, 0.25) is 0 Å². The van der Waals surface area contributed by atoms with Crippen molar-refractivity contribution in [1.82, 2.24) is 0 Å². The Morgan fingerprint density at radius 3 is 1.81 bits per heavy atom. The molecule has 0 radical (unpaired) electrons. The topological polar surface area (TPSA) is 54.4 Å². The summed E-state index contributed by atoms with van der Waals surface area (Å²) in [6.45, 7) is 0. The van der Waals surface area contributed by atoms with E-state index in [1.165, 1.54) is 6.07 Å². The molecule has 0 amide bonds. The summed E-state index contributed by atoms with van der Waals surface area (Å²) >= 11 is 0. The number of ketones is 1. The average molecular weight is 352 g/mol. The molecule has 0 saturated heterocycles. The van der Waals surface area contributed by atoms with Crippen LogP contribution in [-0.2, 0) is 0 Å². The van der Waals surface area contributed by atoms with Gasteiger partial charge in [0.05, 0.1) is 5.56 Å². The summed E-state index contributed by atoms with van der Waals surface area (Å²) in [6, 6.07) is 27.6. The number of benzene rings is 4. The first kappa shape index (κ1) is 16.7. The molecule has 4 aromatic carbocycles. The highest BCUT2D eigenvalue weighted by Gasteiger charge is 2.17. The molecule has 1 N–H and O–H groups in total. The molecule has 4 aromatic rings. The van der Waals surface area contributed by atoms with E-state index in [1.807, 2.05) is 54.6 Å². The molecule has 0 atom stereocenters. The summed E-state index contributed by atoms with van der Waals surface area (Å²) in [7, 11) is 0. The molecule has 0 heterocycles. The van der Waals surface area contributed by atoms with E-state index in [0.717, 1.165) is 16.5 Å². The minimum Gasteiger partial charge on any atom is -0.478 e. The molecule has 3 heteroatoms. The van der Waals surface area contributed by atoms with E-state index >= 15 is 0 Å². The number of carboxylic acid groups (broad SMARTS) is 1. The van der Waals surface area contributed by atoms with Gasteiger partial charge in [-0.05, 0) is 22.6 Å². The maximum absolute atomic E-state index is 13.1. The highest BCUT2D eigenvalue weighted by atomic mass is 16.4. The van der Waals surface area contributed by atoms with Crippen LogP contribution in [-0.4, -0.2) is 16.9 Å². The molecule has 0 fully saturated rings. The molecular formula is C24H16O3. The lowest BCUT2D eigenvalue weighted by Crippen LogP contribution is -2.06. The zero-order valence-electron chi connectivity index (χ0n) is 14.4. The van der Waals surface area contributed by atoms with Crippen LogP contribution in [0.2, 0.25) is 0 Å². The Labute approximate surface area is 156 Å². The number of rotatable bonds is 4. The fraction of sp³-hybridized carbons (Fsp3) is 0. The predicted molar refractivity (Wildman–Crippen MR) is 106 cm³/mol. The fourth-order valence-electron chi connectivity index (χ4n) is 3.31. The third-order valence-electron chi connectivity index (χ3n) is 4.63. The van der Waals surface area contributed by atoms with Crippen LogP contribution in [0.1, 0.15) is 26.3 Å². The molecule has 0 unspecified atom stereocenters. The molecule has 0 bridgehead atoms. The number of carbonyl (C=O) groups excluding carboxylic acids is 1. The van der Waals surface area contributed by atoms with E-state index in [9.17, 15) is 14.7 Å². The largest absolute Gasteiger partial charge is 0.478 e. The molecule has 0 aromatic heterocycles. The SMILES string of the molecule is O=C(O)c1cccc2cccc(C(=O)c3ccc(-c4ccccc4)cc3)c12. The predicted octanol–water partition coefficient (Wildman–Crippen LogP) is 5.44. The van der Waals surface area contributed by atoms with Crippen molar-refractivity contribution in [3.63, 3.8) is 0 Å². The van der Waals surface area contributed by atoms with E-state index in [0.29, 0.717) is 16.5 Å². The summed E-state index contributed by atoms with van der Waals surface area (Å²) in [6.07, 6.45) is 0. The first-order valence-corrected chi connectivity index (χ1v) is 8.60. The van der Waals surface area contributed by atoms with Gasteiger partial charge in [0.1, 0.15) is 0 Å². The Bertz CT molecular complexity index is 1140. The number of fused-ring (bicyclic) bond motifs is 1. The van der Waals surface area contributed by atoms with Gasteiger partial charge in [0.15, 0.2) is 5.78 Å². The van der Waals surface area contributed by atoms with E-state index < -0.39 is 5.97 Å². The van der Waals surface area contributed by atoms with Crippen LogP contribution >= 0.6 is 0 Å². The van der Waals surface area contributed by atoms with E-state index in [1.54, 1.807) is 30.3 Å². The maximum Gasteiger partial charge on any atom is 0.336 e. The molecule has 0 saturated carbocycles. The lowest BCUT2D eigenvalue weighted by molar-refractivity contribution is 0.0699. The minimum atomic E-state index is -1.04. The summed E-state index contributed by atoms with van der Waals surface area (Å²) < 4.78 is 0. The zero-order chi connectivity index (χ0) is 18.8. The molecule has 3 nitrogen and oxygen atoms in total. The standard InChI is InChI=1S/C24H16O3/c25-23(19-14-12-17(13-15-19)16-6-2-1-3-7-16)20-10-4-8-18-9-5-11-21(22(18)20)24(26)27/h1-15H,(H,26,27). The number of carbonyl (C=O) groups is 2. The Morgan fingerprint density at radius 1 is 0.593 bits per heavy atom. The van der Waals surface area contributed by atoms with Crippen molar-refractivity contribution in [2.24, 2.45) is 0 Å². The summed E-state index contributed by atoms with van der Waals surface area (Å²) in [5.41, 5.74) is 3.17. The molecule has 0 spiro atoms. The van der Waals surface area contributed by atoms with Gasteiger partial charge in [-0.3, -0.25) is 4.79 Å². The minimum absolute atomic E-state index is 0.136. The van der Waals surface area contributed by atoms with Gasteiger partial charge in [-0.1, -0.05) is 84.9 Å². The van der Waals surface area contributed by atoms with Crippen molar-refractivity contribution in [2.45, 2.75) is 0 Å². The third kappa shape index (κ3) is 3.11. The van der Waals surface area contributed by atoms with Crippen LogP contribution in [0.5, 0.6) is 0 Å². The molecule has 27 heavy (non-hydrogen) atoms. The first-order valence-electron chi connectivity index (χ1n) is 8.60. The van der Waals surface area contributed by atoms with Crippen LogP contribution in [0.15, 0.2) is 91.0 Å². The van der Waals surface area contributed by atoms with Crippen molar-refractivity contribution in [2.75, 3.05) is 0 Å². The number of aromatic carboxylic acids is 1. The van der Waals surface area contributed by atoms with Crippen LogP contribution in [0.25, 0.3) is 21.9 Å². The van der Waals surface area contributed by atoms with Crippen LogP contribution in [0.4, 0.5) is 0 Å². The maximum atomic E-state index is 13.1. The highest BCUT2D eigenvalue weighted by Crippen LogP contribution is 2.26. The molecule has 4 rings (SSSR count). The van der Waals surface area contributed by atoms with Crippen molar-refractivity contribution in [1.29, 1.82) is 0 Å². The monoisotopic (exact) mass is 352 g/mol. The second kappa shape index (κ2) is 6.89. The Balaban J connectivity index is 1.78. The van der Waals surface area contributed by atoms with Crippen molar-refractivity contribution in [3.05, 3.63) is 108 Å². The van der Waals surface area contributed by atoms with E-state index in [4.69, 9.17) is 0 Å². The Kier molecular flexibility index (Phi) is 4.27. The lowest BCUT2D eigenvalue weighted by Gasteiger charge is -2.09. The molecule has 0 aliphatic carbocycles. The number of carboxylic acids is 1. The fourth-order valence-corrected chi connectivity index (χ4v) is 3.31. The third-order valence-corrected chi connectivity index (χ3v) is 4.63. The molecular weight excluding hydrogens is 336 g/mol. The van der Waals surface area contributed by atoms with Gasteiger partial charge in [-0.15, -0.1) is 0 Å².